The lowest BCUT2D eigenvalue weighted by atomic mass is 10.2. The number of halogens is 2. The van der Waals surface area contributed by atoms with Crippen molar-refractivity contribution >= 4 is 40.9 Å². The van der Waals surface area contributed by atoms with Crippen molar-refractivity contribution in [3.8, 4) is 5.75 Å². The Morgan fingerprint density at radius 2 is 2.03 bits per heavy atom. The molecular weight excluding hydrogens is 429 g/mol. The maximum atomic E-state index is 12.9. The number of ether oxygens (including phenoxy) is 1. The molecule has 11 heteroatoms. The molecule has 0 saturated heterocycles. The highest BCUT2D eigenvalue weighted by Gasteiger charge is 2.13. The molecular formula is C20H15ClFN5O4. The van der Waals surface area contributed by atoms with Gasteiger partial charge in [-0.3, -0.25) is 20.3 Å². The molecule has 0 atom stereocenters. The summed E-state index contributed by atoms with van der Waals surface area (Å²) in [6, 6.07) is 12.8. The SMILES string of the molecule is O=C(COc1ccc(/C=N\Nc2ncccc2[N+](=O)[O-])cc1Cl)Nc1ccc(F)cc1. The molecule has 0 fully saturated rings. The summed E-state index contributed by atoms with van der Waals surface area (Å²) >= 11 is 6.17. The Labute approximate surface area is 180 Å². The van der Waals surface area contributed by atoms with Crippen LogP contribution in [-0.2, 0) is 4.79 Å². The highest BCUT2D eigenvalue weighted by atomic mass is 35.5. The van der Waals surface area contributed by atoms with Gasteiger partial charge >= 0.3 is 5.69 Å². The molecule has 2 N–H and O–H groups in total. The van der Waals surface area contributed by atoms with Crippen molar-refractivity contribution in [1.82, 2.24) is 4.98 Å². The third-order valence-electron chi connectivity index (χ3n) is 3.81. The summed E-state index contributed by atoms with van der Waals surface area (Å²) in [6.07, 6.45) is 2.80. The number of benzene rings is 2. The maximum Gasteiger partial charge on any atom is 0.313 e. The molecule has 0 unspecified atom stereocenters. The predicted octanol–water partition coefficient (Wildman–Crippen LogP) is 4.25. The van der Waals surface area contributed by atoms with Crippen LogP contribution >= 0.6 is 11.6 Å². The van der Waals surface area contributed by atoms with Crippen molar-refractivity contribution < 1.29 is 18.8 Å². The van der Waals surface area contributed by atoms with E-state index in [0.717, 1.165) is 0 Å². The number of hydrazone groups is 1. The van der Waals surface area contributed by atoms with Gasteiger partial charge in [-0.25, -0.2) is 9.37 Å². The van der Waals surface area contributed by atoms with Gasteiger partial charge in [-0.1, -0.05) is 11.6 Å². The lowest BCUT2D eigenvalue weighted by Gasteiger charge is -2.09. The molecule has 0 aliphatic heterocycles. The summed E-state index contributed by atoms with van der Waals surface area (Å²) in [5.41, 5.74) is 3.32. The summed E-state index contributed by atoms with van der Waals surface area (Å²) < 4.78 is 18.3. The van der Waals surface area contributed by atoms with E-state index in [1.54, 1.807) is 18.2 Å². The van der Waals surface area contributed by atoms with Crippen molar-refractivity contribution in [3.05, 3.63) is 87.3 Å². The fourth-order valence-electron chi connectivity index (χ4n) is 2.39. The molecule has 1 aromatic heterocycles. The van der Waals surface area contributed by atoms with Gasteiger partial charge in [-0.05, 0) is 54.1 Å². The number of pyridine rings is 1. The normalized spacial score (nSPS) is 10.6. The monoisotopic (exact) mass is 443 g/mol. The number of rotatable bonds is 8. The van der Waals surface area contributed by atoms with E-state index in [1.165, 1.54) is 48.8 Å². The van der Waals surface area contributed by atoms with Crippen molar-refractivity contribution in [3.63, 3.8) is 0 Å². The molecule has 3 aromatic rings. The second-order valence-electron chi connectivity index (χ2n) is 6.03. The summed E-state index contributed by atoms with van der Waals surface area (Å²) in [5.74, 6) is -0.559. The Balaban J connectivity index is 1.56. The molecule has 3 rings (SSSR count). The van der Waals surface area contributed by atoms with Gasteiger partial charge < -0.3 is 10.1 Å². The molecule has 0 saturated carbocycles. The second-order valence-corrected chi connectivity index (χ2v) is 6.44. The topological polar surface area (TPSA) is 119 Å². The van der Waals surface area contributed by atoms with Crippen LogP contribution in [0.1, 0.15) is 5.56 Å². The van der Waals surface area contributed by atoms with Crippen molar-refractivity contribution in [2.75, 3.05) is 17.3 Å². The van der Waals surface area contributed by atoms with E-state index < -0.39 is 16.6 Å². The minimum Gasteiger partial charge on any atom is -0.482 e. The van der Waals surface area contributed by atoms with E-state index in [4.69, 9.17) is 16.3 Å². The van der Waals surface area contributed by atoms with Gasteiger partial charge in [-0.2, -0.15) is 5.10 Å². The van der Waals surface area contributed by atoms with E-state index >= 15 is 0 Å². The first-order valence-electron chi connectivity index (χ1n) is 8.78. The van der Waals surface area contributed by atoms with E-state index in [-0.39, 0.29) is 28.9 Å². The average molecular weight is 444 g/mol. The summed E-state index contributed by atoms with van der Waals surface area (Å²) in [6.45, 7) is -0.296. The number of anilines is 2. The molecule has 9 nitrogen and oxygen atoms in total. The van der Waals surface area contributed by atoms with Gasteiger partial charge in [-0.15, -0.1) is 0 Å². The number of aromatic nitrogens is 1. The first-order valence-corrected chi connectivity index (χ1v) is 9.16. The molecule has 1 amide bonds. The molecule has 0 aliphatic carbocycles. The quantitative estimate of drug-likeness (QED) is 0.305. The summed E-state index contributed by atoms with van der Waals surface area (Å²) in [7, 11) is 0. The van der Waals surface area contributed by atoms with Crippen LogP contribution in [0.3, 0.4) is 0 Å². The van der Waals surface area contributed by atoms with Crippen LogP contribution < -0.4 is 15.5 Å². The molecule has 0 aliphatic rings. The fraction of sp³-hybridized carbons (Fsp3) is 0.0500. The number of nitrogens with zero attached hydrogens (tertiary/aromatic N) is 3. The van der Waals surface area contributed by atoms with Gasteiger partial charge in [0, 0.05) is 18.0 Å². The minimum absolute atomic E-state index is 0.00182. The molecule has 0 spiro atoms. The van der Waals surface area contributed by atoms with Crippen LogP contribution in [0.25, 0.3) is 0 Å². The Morgan fingerprint density at radius 3 is 2.74 bits per heavy atom. The van der Waals surface area contributed by atoms with E-state index in [0.29, 0.717) is 11.3 Å². The predicted molar refractivity (Wildman–Crippen MR) is 114 cm³/mol. The largest absolute Gasteiger partial charge is 0.482 e. The highest BCUT2D eigenvalue weighted by molar-refractivity contribution is 6.32. The number of nitro groups is 1. The van der Waals surface area contributed by atoms with Crippen LogP contribution in [0.4, 0.5) is 21.6 Å². The summed E-state index contributed by atoms with van der Waals surface area (Å²) in [4.78, 5) is 26.2. The van der Waals surface area contributed by atoms with Crippen LogP contribution in [0, 0.1) is 15.9 Å². The second kappa shape index (κ2) is 10.1. The zero-order valence-electron chi connectivity index (χ0n) is 15.8. The molecule has 2 aromatic carbocycles. The Morgan fingerprint density at radius 1 is 1.26 bits per heavy atom. The summed E-state index contributed by atoms with van der Waals surface area (Å²) in [5, 5.41) is 17.7. The van der Waals surface area contributed by atoms with Gasteiger partial charge in [0.25, 0.3) is 5.91 Å². The zero-order valence-corrected chi connectivity index (χ0v) is 16.5. The Kier molecular flexibility index (Phi) is 7.07. The number of carbonyl (C=O) groups is 1. The zero-order chi connectivity index (χ0) is 22.2. The third-order valence-corrected chi connectivity index (χ3v) is 4.11. The number of hydrogen-bond acceptors (Lipinski definition) is 7. The standard InChI is InChI=1S/C20H15ClFN5O4/c21-16-10-13(11-24-26-20-17(27(29)30)2-1-9-23-20)3-8-18(16)31-12-19(28)25-15-6-4-14(22)5-7-15/h1-11H,12H2,(H,23,26)(H,25,28)/b24-11-. The minimum atomic E-state index is -0.569. The molecule has 0 bridgehead atoms. The van der Waals surface area contributed by atoms with Gasteiger partial charge in [0.05, 0.1) is 16.2 Å². The van der Waals surface area contributed by atoms with Gasteiger partial charge in [0.1, 0.15) is 11.6 Å². The Bertz CT molecular complexity index is 1120. The Hall–Kier alpha value is -4.05. The fourth-order valence-corrected chi connectivity index (χ4v) is 2.63. The van der Waals surface area contributed by atoms with Crippen LogP contribution in [0.15, 0.2) is 65.9 Å². The van der Waals surface area contributed by atoms with Crippen LogP contribution in [0.5, 0.6) is 5.75 Å². The molecule has 31 heavy (non-hydrogen) atoms. The first kappa shape index (κ1) is 21.7. The number of amides is 1. The van der Waals surface area contributed by atoms with Crippen LogP contribution in [-0.4, -0.2) is 28.6 Å². The van der Waals surface area contributed by atoms with Gasteiger partial charge in [0.15, 0.2) is 6.61 Å². The van der Waals surface area contributed by atoms with Crippen molar-refractivity contribution in [1.29, 1.82) is 0 Å². The van der Waals surface area contributed by atoms with E-state index in [2.05, 4.69) is 20.8 Å². The maximum absolute atomic E-state index is 12.9. The van der Waals surface area contributed by atoms with Gasteiger partial charge in [0.2, 0.25) is 5.82 Å². The molecule has 0 radical (unpaired) electrons. The number of carbonyl (C=O) groups excluding carboxylic acids is 1. The lowest BCUT2D eigenvalue weighted by Crippen LogP contribution is -2.20. The van der Waals surface area contributed by atoms with E-state index in [1.807, 2.05) is 0 Å². The molecule has 158 valence electrons. The highest BCUT2D eigenvalue weighted by Crippen LogP contribution is 2.25. The van der Waals surface area contributed by atoms with Crippen LogP contribution in [0.2, 0.25) is 5.02 Å². The lowest BCUT2D eigenvalue weighted by molar-refractivity contribution is -0.384. The first-order chi connectivity index (χ1) is 14.9. The van der Waals surface area contributed by atoms with E-state index in [9.17, 15) is 19.3 Å². The smallest absolute Gasteiger partial charge is 0.313 e. The van der Waals surface area contributed by atoms with Crippen molar-refractivity contribution in [2.24, 2.45) is 5.10 Å². The number of nitrogens with one attached hydrogen (secondary N) is 2. The molecule has 1 heterocycles. The number of hydrogen-bond donors (Lipinski definition) is 2. The van der Waals surface area contributed by atoms with Crippen molar-refractivity contribution in [2.45, 2.75) is 0 Å². The third kappa shape index (κ3) is 6.21. The average Bonchev–Trinajstić information content (AvgIpc) is 2.75.